The first-order valence-electron chi connectivity index (χ1n) is 21.8. The highest BCUT2D eigenvalue weighted by Gasteiger charge is 2.17. The van der Waals surface area contributed by atoms with Gasteiger partial charge in [-0.2, -0.15) is 0 Å². The van der Waals surface area contributed by atoms with Crippen LogP contribution in [0.25, 0.3) is 41.1 Å². The molecule has 4 rings (SSSR count). The fourth-order valence-electron chi connectivity index (χ4n) is 7.46. The van der Waals surface area contributed by atoms with Gasteiger partial charge in [-0.15, -0.1) is 45.3 Å². The summed E-state index contributed by atoms with van der Waals surface area (Å²) in [5, 5.41) is 0. The molecule has 0 aliphatic rings. The van der Waals surface area contributed by atoms with Gasteiger partial charge >= 0.3 is 0 Å². The molecule has 0 fully saturated rings. The molecule has 0 atom stereocenters. The number of unbranched alkanes of at least 4 members (excludes halogenated alkanes) is 22. The highest BCUT2D eigenvalue weighted by molar-refractivity contribution is 7.33. The van der Waals surface area contributed by atoms with Gasteiger partial charge in [0.05, 0.1) is 23.1 Å². The molecular weight excluding hydrogens is 721 g/mol. The first kappa shape index (κ1) is 44.1. The summed E-state index contributed by atoms with van der Waals surface area (Å²) in [5.41, 5.74) is 2.70. The molecule has 0 saturated carbocycles. The van der Waals surface area contributed by atoms with E-state index in [4.69, 9.17) is 4.74 Å². The average Bonchev–Trinajstić information content (AvgIpc) is 3.94. The lowest BCUT2D eigenvalue weighted by molar-refractivity contribution is 0.341. The van der Waals surface area contributed by atoms with E-state index in [2.05, 4.69) is 63.3 Å². The van der Waals surface area contributed by atoms with Gasteiger partial charge in [-0.25, -0.2) is 0 Å². The fraction of sp³-hybridized carbons (Fsp3) is 0.625. The number of thiophene rings is 4. The maximum absolute atomic E-state index is 5.36. The van der Waals surface area contributed by atoms with Gasteiger partial charge < -0.3 is 4.74 Å². The Labute approximate surface area is 341 Å². The summed E-state index contributed by atoms with van der Waals surface area (Å²) in [5.74, 6) is 0. The lowest BCUT2D eigenvalue weighted by atomic mass is 10.0. The van der Waals surface area contributed by atoms with Crippen molar-refractivity contribution < 1.29 is 4.74 Å². The summed E-state index contributed by atoms with van der Waals surface area (Å²) in [6.07, 6.45) is 44.6. The van der Waals surface area contributed by atoms with Gasteiger partial charge in [-0.05, 0) is 74.1 Å². The molecule has 0 spiro atoms. The van der Waals surface area contributed by atoms with Crippen LogP contribution < -0.4 is 0 Å². The van der Waals surface area contributed by atoms with E-state index in [1.807, 2.05) is 51.6 Å². The van der Waals surface area contributed by atoms with Gasteiger partial charge in [0.2, 0.25) is 0 Å². The molecule has 0 aliphatic heterocycles. The summed E-state index contributed by atoms with van der Waals surface area (Å²) in [6, 6.07) is 9.80. The maximum atomic E-state index is 5.36. The van der Waals surface area contributed by atoms with Gasteiger partial charge in [0.1, 0.15) is 0 Å². The van der Waals surface area contributed by atoms with E-state index in [9.17, 15) is 0 Å². The summed E-state index contributed by atoms with van der Waals surface area (Å²) in [6.45, 7) is 6.75. The van der Waals surface area contributed by atoms with E-state index in [0.717, 1.165) is 0 Å². The van der Waals surface area contributed by atoms with Crippen LogP contribution in [0, 0.1) is 0 Å². The number of fused-ring (bicyclic) bond motifs is 1. The summed E-state index contributed by atoms with van der Waals surface area (Å²) >= 11 is 7.97. The van der Waals surface area contributed by atoms with Crippen molar-refractivity contribution >= 4 is 66.9 Å². The number of allylic oxidation sites excluding steroid dienone is 1. The van der Waals surface area contributed by atoms with Crippen LogP contribution in [0.1, 0.15) is 196 Å². The minimum Gasteiger partial charge on any atom is -0.504 e. The number of rotatable bonds is 31. The minimum atomic E-state index is 1.19. The van der Waals surface area contributed by atoms with Crippen LogP contribution in [0.3, 0.4) is 0 Å². The van der Waals surface area contributed by atoms with Gasteiger partial charge in [0.25, 0.3) is 0 Å². The third-order valence-corrected chi connectivity index (χ3v) is 15.6. The Balaban J connectivity index is 1.26. The summed E-state index contributed by atoms with van der Waals surface area (Å²) in [7, 11) is 1.75. The van der Waals surface area contributed by atoms with Crippen molar-refractivity contribution in [3.05, 3.63) is 57.5 Å². The molecule has 294 valence electrons. The molecule has 0 saturated heterocycles. The lowest BCUT2D eigenvalue weighted by Crippen LogP contribution is -1.84. The van der Waals surface area contributed by atoms with Crippen LogP contribution in [0.5, 0.6) is 0 Å². The van der Waals surface area contributed by atoms with Crippen LogP contribution in [0.2, 0.25) is 0 Å². The molecule has 0 amide bonds. The van der Waals surface area contributed by atoms with Crippen molar-refractivity contribution in [2.45, 2.75) is 188 Å². The molecule has 0 N–H and O–H groups in total. The average molecular weight is 793 g/mol. The van der Waals surface area contributed by atoms with E-state index >= 15 is 0 Å². The van der Waals surface area contributed by atoms with Crippen molar-refractivity contribution in [2.24, 2.45) is 0 Å². The van der Waals surface area contributed by atoms with Crippen molar-refractivity contribution in [3.63, 3.8) is 0 Å². The van der Waals surface area contributed by atoms with Crippen molar-refractivity contribution in [1.82, 2.24) is 0 Å². The predicted molar refractivity (Wildman–Crippen MR) is 247 cm³/mol. The Bertz CT molecular complexity index is 1540. The predicted octanol–water partition coefficient (Wildman–Crippen LogP) is 18.6. The monoisotopic (exact) mass is 792 g/mol. The molecule has 4 aromatic heterocycles. The van der Waals surface area contributed by atoms with E-state index in [0.29, 0.717) is 0 Å². The summed E-state index contributed by atoms with van der Waals surface area (Å²) in [4.78, 5) is 8.73. The molecule has 4 heterocycles. The third-order valence-electron chi connectivity index (χ3n) is 10.6. The summed E-state index contributed by atoms with van der Waals surface area (Å²) < 4.78 is 8.19. The highest BCUT2D eigenvalue weighted by Crippen LogP contribution is 2.47. The second-order valence-corrected chi connectivity index (χ2v) is 19.7. The van der Waals surface area contributed by atoms with Gasteiger partial charge in [-0.3, -0.25) is 0 Å². The molecular formula is C48H72OS4. The first-order chi connectivity index (χ1) is 26.2. The van der Waals surface area contributed by atoms with Crippen molar-refractivity contribution in [3.8, 4) is 19.5 Å². The Morgan fingerprint density at radius 2 is 0.811 bits per heavy atom. The molecule has 0 unspecified atom stereocenters. The smallest absolute Gasteiger partial charge is 0.0831 e. The first-order valence-corrected chi connectivity index (χ1v) is 25.0. The standard InChI is InChI=1S/C48H72OS4/c1-5-8-10-12-14-16-18-20-22-24-26-28-31-41-35-39(30-7-3)47(50-41)45-37-43-44(52-45)38-46(53-43)48-40(33-34-49-4)36-42(51-48)32-29-27-25-23-21-19-17-15-13-11-9-6-2/h7,30,33-38H,5-6,8-29,31-32H2,1-4H3/b30-7+,34-33+. The Morgan fingerprint density at radius 1 is 0.453 bits per heavy atom. The normalized spacial score (nSPS) is 12.1. The number of aryl methyl sites for hydroxylation is 2. The van der Waals surface area contributed by atoms with E-state index < -0.39 is 0 Å². The van der Waals surface area contributed by atoms with E-state index in [-0.39, 0.29) is 0 Å². The van der Waals surface area contributed by atoms with Crippen LogP contribution in [0.15, 0.2) is 36.6 Å². The van der Waals surface area contributed by atoms with Gasteiger partial charge in [0, 0.05) is 28.9 Å². The Hall–Kier alpha value is -1.66. The molecule has 4 aromatic rings. The number of ether oxygens (including phenoxy) is 1. The maximum Gasteiger partial charge on any atom is 0.0831 e. The van der Waals surface area contributed by atoms with Gasteiger partial charge in [0.15, 0.2) is 0 Å². The molecule has 0 bridgehead atoms. The van der Waals surface area contributed by atoms with Crippen LogP contribution in [-0.2, 0) is 17.6 Å². The molecule has 1 nitrogen and oxygen atoms in total. The van der Waals surface area contributed by atoms with Gasteiger partial charge in [-0.1, -0.05) is 167 Å². The molecule has 0 aromatic carbocycles. The number of methoxy groups -OCH3 is 1. The molecule has 0 aliphatic carbocycles. The van der Waals surface area contributed by atoms with Crippen LogP contribution in [-0.4, -0.2) is 7.11 Å². The quantitative estimate of drug-likeness (QED) is 0.0364. The SMILES string of the molecule is C/C=C/c1cc(CCCCCCCCCCCCCC)sc1-c1cc2sc(-c3sc(CCCCCCCCCCCCCC)cc3/C=C/OC)cc2s1. The van der Waals surface area contributed by atoms with Crippen molar-refractivity contribution in [2.75, 3.05) is 7.11 Å². The molecule has 53 heavy (non-hydrogen) atoms. The molecule has 5 heteroatoms. The fourth-order valence-corrected chi connectivity index (χ4v) is 12.5. The van der Waals surface area contributed by atoms with E-state index in [1.54, 1.807) is 12.0 Å². The van der Waals surface area contributed by atoms with Crippen molar-refractivity contribution in [1.29, 1.82) is 0 Å². The zero-order valence-electron chi connectivity index (χ0n) is 34.0. The minimum absolute atomic E-state index is 1.19. The van der Waals surface area contributed by atoms with Crippen LogP contribution >= 0.6 is 45.3 Å². The van der Waals surface area contributed by atoms with Crippen LogP contribution in [0.4, 0.5) is 0 Å². The third kappa shape index (κ3) is 16.2. The zero-order chi connectivity index (χ0) is 37.4. The Kier molecular flexibility index (Phi) is 22.5. The largest absolute Gasteiger partial charge is 0.504 e. The highest BCUT2D eigenvalue weighted by atomic mass is 32.1. The molecule has 0 radical (unpaired) electrons. The van der Waals surface area contributed by atoms with E-state index in [1.165, 1.54) is 212 Å². The second-order valence-electron chi connectivity index (χ2n) is 15.3. The lowest BCUT2D eigenvalue weighted by Gasteiger charge is -2.02. The number of hydrogen-bond donors (Lipinski definition) is 0. The zero-order valence-corrected chi connectivity index (χ0v) is 37.3. The second kappa shape index (κ2) is 27.0. The topological polar surface area (TPSA) is 9.23 Å². The Morgan fingerprint density at radius 3 is 1.17 bits per heavy atom. The number of hydrogen-bond acceptors (Lipinski definition) is 5.